The average molecular weight is 278 g/mol. The molecule has 5 heteroatoms. The number of rotatable bonds is 5. The smallest absolute Gasteiger partial charge is 0.267 e. The molecule has 0 aliphatic carbocycles. The molecular formula is C15H26N4O. The van der Waals surface area contributed by atoms with E-state index in [1.807, 2.05) is 10.8 Å². The van der Waals surface area contributed by atoms with Crippen molar-refractivity contribution in [1.82, 2.24) is 14.8 Å². The number of hydrogen-bond donors (Lipinski definition) is 2. The molecule has 2 rings (SSSR count). The van der Waals surface area contributed by atoms with Gasteiger partial charge in [-0.25, -0.2) is 0 Å². The van der Waals surface area contributed by atoms with E-state index in [0.29, 0.717) is 17.3 Å². The zero-order valence-electron chi connectivity index (χ0n) is 12.6. The molecule has 2 heterocycles. The minimum Gasteiger partial charge on any atom is -0.397 e. The number of anilines is 1. The molecule has 1 aromatic rings. The van der Waals surface area contributed by atoms with E-state index in [9.17, 15) is 4.79 Å². The molecular weight excluding hydrogens is 252 g/mol. The van der Waals surface area contributed by atoms with Gasteiger partial charge in [0.25, 0.3) is 5.91 Å². The van der Waals surface area contributed by atoms with Crippen LogP contribution in [0, 0.1) is 5.92 Å². The highest BCUT2D eigenvalue weighted by Crippen LogP contribution is 2.16. The number of nitrogens with two attached hydrogens (primary N) is 1. The van der Waals surface area contributed by atoms with Gasteiger partial charge in [0.1, 0.15) is 5.69 Å². The van der Waals surface area contributed by atoms with E-state index in [1.54, 1.807) is 6.07 Å². The number of nitrogens with one attached hydrogen (secondary N) is 1. The molecule has 1 amide bonds. The molecule has 5 nitrogen and oxygen atoms in total. The highest BCUT2D eigenvalue weighted by atomic mass is 16.1. The molecule has 20 heavy (non-hydrogen) atoms. The number of piperidine rings is 1. The summed E-state index contributed by atoms with van der Waals surface area (Å²) in [5, 5.41) is 3.06. The summed E-state index contributed by atoms with van der Waals surface area (Å²) in [6.07, 6.45) is 5.15. The SMILES string of the molecule is CCCn1cc(N)cc1C(=O)NCC1CCN(C)CC1. The van der Waals surface area contributed by atoms with Gasteiger partial charge < -0.3 is 20.5 Å². The molecule has 3 N–H and O–H groups in total. The predicted molar refractivity (Wildman–Crippen MR) is 81.7 cm³/mol. The number of hydrogen-bond acceptors (Lipinski definition) is 3. The van der Waals surface area contributed by atoms with Crippen LogP contribution in [0.1, 0.15) is 36.7 Å². The lowest BCUT2D eigenvalue weighted by Crippen LogP contribution is -2.37. The van der Waals surface area contributed by atoms with Crippen LogP contribution in [0.15, 0.2) is 12.3 Å². The van der Waals surface area contributed by atoms with E-state index in [-0.39, 0.29) is 5.91 Å². The van der Waals surface area contributed by atoms with Gasteiger partial charge in [0.2, 0.25) is 0 Å². The average Bonchev–Trinajstić information content (AvgIpc) is 2.79. The van der Waals surface area contributed by atoms with E-state index in [1.165, 1.54) is 0 Å². The normalized spacial score (nSPS) is 17.3. The summed E-state index contributed by atoms with van der Waals surface area (Å²) >= 11 is 0. The Morgan fingerprint density at radius 3 is 2.80 bits per heavy atom. The molecule has 0 spiro atoms. The van der Waals surface area contributed by atoms with Crippen molar-refractivity contribution in [1.29, 1.82) is 0 Å². The van der Waals surface area contributed by atoms with Crippen molar-refractivity contribution in [3.05, 3.63) is 18.0 Å². The largest absolute Gasteiger partial charge is 0.397 e. The van der Waals surface area contributed by atoms with Crippen molar-refractivity contribution < 1.29 is 4.79 Å². The van der Waals surface area contributed by atoms with Gasteiger partial charge in [0.15, 0.2) is 0 Å². The minimum absolute atomic E-state index is 0.00548. The van der Waals surface area contributed by atoms with E-state index in [4.69, 9.17) is 5.73 Å². The second-order valence-electron chi connectivity index (χ2n) is 5.81. The van der Waals surface area contributed by atoms with Crippen LogP contribution in [0.25, 0.3) is 0 Å². The fourth-order valence-corrected chi connectivity index (χ4v) is 2.74. The van der Waals surface area contributed by atoms with Crippen LogP contribution in [0.5, 0.6) is 0 Å². The van der Waals surface area contributed by atoms with Crippen LogP contribution < -0.4 is 11.1 Å². The third-order valence-electron chi connectivity index (χ3n) is 4.00. The standard InChI is InChI=1S/C15H26N4O/c1-3-6-19-11-13(16)9-14(19)15(20)17-10-12-4-7-18(2)8-5-12/h9,11-12H,3-8,10,16H2,1-2H3,(H,17,20). The summed E-state index contributed by atoms with van der Waals surface area (Å²) in [4.78, 5) is 14.6. The molecule has 1 aliphatic rings. The van der Waals surface area contributed by atoms with Crippen molar-refractivity contribution in [2.24, 2.45) is 5.92 Å². The monoisotopic (exact) mass is 278 g/mol. The first-order chi connectivity index (χ1) is 9.60. The summed E-state index contributed by atoms with van der Waals surface area (Å²) < 4.78 is 1.94. The molecule has 0 atom stereocenters. The zero-order chi connectivity index (χ0) is 14.5. The maximum Gasteiger partial charge on any atom is 0.267 e. The van der Waals surface area contributed by atoms with E-state index >= 15 is 0 Å². The van der Waals surface area contributed by atoms with Gasteiger partial charge in [-0.2, -0.15) is 0 Å². The molecule has 1 aliphatic heterocycles. The number of carbonyl (C=O) groups is 1. The van der Waals surface area contributed by atoms with Crippen LogP contribution in [-0.2, 0) is 6.54 Å². The summed E-state index contributed by atoms with van der Waals surface area (Å²) in [5.74, 6) is 0.594. The van der Waals surface area contributed by atoms with E-state index in [0.717, 1.165) is 45.4 Å². The lowest BCUT2D eigenvalue weighted by atomic mass is 9.97. The fourth-order valence-electron chi connectivity index (χ4n) is 2.74. The second-order valence-corrected chi connectivity index (χ2v) is 5.81. The van der Waals surface area contributed by atoms with Gasteiger partial charge >= 0.3 is 0 Å². The summed E-state index contributed by atoms with van der Waals surface area (Å²) in [6, 6.07) is 1.76. The zero-order valence-corrected chi connectivity index (χ0v) is 12.6. The molecule has 0 radical (unpaired) electrons. The van der Waals surface area contributed by atoms with Gasteiger partial charge in [0, 0.05) is 19.3 Å². The lowest BCUT2D eigenvalue weighted by Gasteiger charge is -2.28. The third kappa shape index (κ3) is 3.76. The summed E-state index contributed by atoms with van der Waals surface area (Å²) in [7, 11) is 2.15. The van der Waals surface area contributed by atoms with Crippen molar-refractivity contribution >= 4 is 11.6 Å². The van der Waals surface area contributed by atoms with Crippen LogP contribution >= 0.6 is 0 Å². The Labute approximate surface area is 121 Å². The Morgan fingerprint density at radius 1 is 1.45 bits per heavy atom. The molecule has 0 aromatic carbocycles. The van der Waals surface area contributed by atoms with Crippen molar-refractivity contribution in [3.8, 4) is 0 Å². The Bertz CT molecular complexity index is 447. The predicted octanol–water partition coefficient (Wildman–Crippen LogP) is 1.55. The molecule has 0 saturated carbocycles. The van der Waals surface area contributed by atoms with Gasteiger partial charge in [-0.1, -0.05) is 6.92 Å². The lowest BCUT2D eigenvalue weighted by molar-refractivity contribution is 0.0929. The van der Waals surface area contributed by atoms with Gasteiger partial charge in [-0.15, -0.1) is 0 Å². The van der Waals surface area contributed by atoms with E-state index < -0.39 is 0 Å². The first-order valence-electron chi connectivity index (χ1n) is 7.52. The van der Waals surface area contributed by atoms with Crippen molar-refractivity contribution in [2.45, 2.75) is 32.7 Å². The number of aryl methyl sites for hydroxylation is 1. The number of amides is 1. The van der Waals surface area contributed by atoms with Crippen LogP contribution in [-0.4, -0.2) is 42.1 Å². The first kappa shape index (κ1) is 14.9. The number of nitrogen functional groups attached to an aromatic ring is 1. The highest BCUT2D eigenvalue weighted by molar-refractivity contribution is 5.93. The molecule has 112 valence electrons. The minimum atomic E-state index is -0.00548. The molecule has 0 unspecified atom stereocenters. The maximum atomic E-state index is 12.3. The number of likely N-dealkylation sites (tertiary alicyclic amines) is 1. The molecule has 1 aromatic heterocycles. The number of aromatic nitrogens is 1. The quantitative estimate of drug-likeness (QED) is 0.859. The Kier molecular flexibility index (Phi) is 5.06. The van der Waals surface area contributed by atoms with Crippen molar-refractivity contribution in [2.75, 3.05) is 32.4 Å². The first-order valence-corrected chi connectivity index (χ1v) is 7.52. The van der Waals surface area contributed by atoms with Crippen LogP contribution in [0.2, 0.25) is 0 Å². The second kappa shape index (κ2) is 6.79. The molecule has 1 fully saturated rings. The summed E-state index contributed by atoms with van der Waals surface area (Å²) in [6.45, 7) is 5.94. The Morgan fingerprint density at radius 2 is 2.15 bits per heavy atom. The third-order valence-corrected chi connectivity index (χ3v) is 4.00. The van der Waals surface area contributed by atoms with E-state index in [2.05, 4.69) is 24.2 Å². The molecule has 0 bridgehead atoms. The number of carbonyl (C=O) groups excluding carboxylic acids is 1. The Hall–Kier alpha value is -1.49. The fraction of sp³-hybridized carbons (Fsp3) is 0.667. The van der Waals surface area contributed by atoms with Crippen LogP contribution in [0.3, 0.4) is 0 Å². The number of nitrogens with zero attached hydrogens (tertiary/aromatic N) is 2. The highest BCUT2D eigenvalue weighted by Gasteiger charge is 2.18. The van der Waals surface area contributed by atoms with Gasteiger partial charge in [0.05, 0.1) is 5.69 Å². The maximum absolute atomic E-state index is 12.3. The Balaban J connectivity index is 1.88. The summed E-state index contributed by atoms with van der Waals surface area (Å²) in [5.41, 5.74) is 7.13. The van der Waals surface area contributed by atoms with Gasteiger partial charge in [-0.05, 0) is 51.4 Å². The van der Waals surface area contributed by atoms with Gasteiger partial charge in [-0.3, -0.25) is 4.79 Å². The van der Waals surface area contributed by atoms with Crippen molar-refractivity contribution in [3.63, 3.8) is 0 Å². The van der Waals surface area contributed by atoms with Crippen LogP contribution in [0.4, 0.5) is 5.69 Å². The topological polar surface area (TPSA) is 63.3 Å². The molecule has 1 saturated heterocycles.